The summed E-state index contributed by atoms with van der Waals surface area (Å²) in [6.07, 6.45) is 1.48. The van der Waals surface area contributed by atoms with Gasteiger partial charge in [-0.1, -0.05) is 29.9 Å². The van der Waals surface area contributed by atoms with Gasteiger partial charge in [-0.15, -0.1) is 0 Å². The van der Waals surface area contributed by atoms with E-state index in [1.165, 1.54) is 23.1 Å². The number of hydrogen-bond acceptors (Lipinski definition) is 5. The van der Waals surface area contributed by atoms with Crippen LogP contribution in [0.25, 0.3) is 0 Å². The molecule has 2 rings (SSSR count). The number of sulfonamides is 1. The Balaban J connectivity index is 2.26. The van der Waals surface area contributed by atoms with Gasteiger partial charge in [0.2, 0.25) is 10.0 Å². The summed E-state index contributed by atoms with van der Waals surface area (Å²) in [6, 6.07) is 4.33. The molecule has 2 aromatic rings. The van der Waals surface area contributed by atoms with Crippen LogP contribution in [0.5, 0.6) is 0 Å². The maximum Gasteiger partial charge on any atom is 0.242 e. The first-order valence-corrected chi connectivity index (χ1v) is 8.00. The molecule has 0 saturated heterocycles. The SMILES string of the molecule is Cn1cnc(CNS(=O)(=O)c2cc(C(N)=S)ccc2Cl)n1. The van der Waals surface area contributed by atoms with E-state index in [9.17, 15) is 8.42 Å². The fourth-order valence-electron chi connectivity index (χ4n) is 1.56. The van der Waals surface area contributed by atoms with Crippen LogP contribution in [-0.4, -0.2) is 28.2 Å². The first kappa shape index (κ1) is 15.8. The molecule has 1 aromatic heterocycles. The van der Waals surface area contributed by atoms with E-state index in [0.717, 1.165) is 0 Å². The second-order valence-electron chi connectivity index (χ2n) is 4.17. The van der Waals surface area contributed by atoms with Crippen LogP contribution in [-0.2, 0) is 23.6 Å². The summed E-state index contributed by atoms with van der Waals surface area (Å²) in [5.41, 5.74) is 5.92. The van der Waals surface area contributed by atoms with Crippen molar-refractivity contribution in [2.45, 2.75) is 11.4 Å². The molecule has 0 fully saturated rings. The molecule has 0 unspecified atom stereocenters. The lowest BCUT2D eigenvalue weighted by Crippen LogP contribution is -2.24. The number of benzene rings is 1. The van der Waals surface area contributed by atoms with Crippen LogP contribution < -0.4 is 10.5 Å². The Kier molecular flexibility index (Phi) is 4.57. The number of nitrogens with one attached hydrogen (secondary N) is 1. The average molecular weight is 346 g/mol. The number of halogens is 1. The van der Waals surface area contributed by atoms with Gasteiger partial charge in [0.15, 0.2) is 5.82 Å². The molecule has 0 aliphatic heterocycles. The predicted molar refractivity (Wildman–Crippen MR) is 82.4 cm³/mol. The highest BCUT2D eigenvalue weighted by Crippen LogP contribution is 2.22. The van der Waals surface area contributed by atoms with Gasteiger partial charge in [0.05, 0.1) is 11.6 Å². The van der Waals surface area contributed by atoms with Crippen molar-refractivity contribution in [2.24, 2.45) is 12.8 Å². The van der Waals surface area contributed by atoms with Crippen molar-refractivity contribution in [3.05, 3.63) is 40.9 Å². The summed E-state index contributed by atoms with van der Waals surface area (Å²) >= 11 is 10.8. The molecule has 0 aliphatic carbocycles. The van der Waals surface area contributed by atoms with Crippen molar-refractivity contribution < 1.29 is 8.42 Å². The Morgan fingerprint density at radius 3 is 2.81 bits per heavy atom. The summed E-state index contributed by atoms with van der Waals surface area (Å²) < 4.78 is 28.4. The minimum absolute atomic E-state index is 0.0448. The Hall–Kier alpha value is -1.55. The first-order chi connectivity index (χ1) is 9.79. The molecule has 0 amide bonds. The van der Waals surface area contributed by atoms with Gasteiger partial charge in [-0.2, -0.15) is 5.10 Å². The minimum atomic E-state index is -3.82. The van der Waals surface area contributed by atoms with Crippen molar-refractivity contribution in [2.75, 3.05) is 0 Å². The van der Waals surface area contributed by atoms with Gasteiger partial charge in [-0.3, -0.25) is 4.68 Å². The summed E-state index contributed by atoms with van der Waals surface area (Å²) in [5.74, 6) is 0.350. The Morgan fingerprint density at radius 2 is 2.24 bits per heavy atom. The lowest BCUT2D eigenvalue weighted by atomic mass is 10.2. The normalized spacial score (nSPS) is 11.5. The molecule has 0 bridgehead atoms. The first-order valence-electron chi connectivity index (χ1n) is 5.73. The number of nitrogens with zero attached hydrogens (tertiary/aromatic N) is 3. The van der Waals surface area contributed by atoms with E-state index in [1.54, 1.807) is 13.1 Å². The van der Waals surface area contributed by atoms with Crippen LogP contribution in [0.4, 0.5) is 0 Å². The smallest absolute Gasteiger partial charge is 0.242 e. The van der Waals surface area contributed by atoms with E-state index in [1.807, 2.05) is 0 Å². The van der Waals surface area contributed by atoms with E-state index in [2.05, 4.69) is 14.8 Å². The average Bonchev–Trinajstić information content (AvgIpc) is 2.82. The van der Waals surface area contributed by atoms with E-state index in [-0.39, 0.29) is 21.5 Å². The van der Waals surface area contributed by atoms with Crippen molar-refractivity contribution in [1.82, 2.24) is 19.5 Å². The van der Waals surface area contributed by atoms with Crippen molar-refractivity contribution in [3.63, 3.8) is 0 Å². The zero-order valence-electron chi connectivity index (χ0n) is 10.9. The highest BCUT2D eigenvalue weighted by molar-refractivity contribution is 7.89. The van der Waals surface area contributed by atoms with E-state index in [0.29, 0.717) is 11.4 Å². The third-order valence-electron chi connectivity index (χ3n) is 2.57. The van der Waals surface area contributed by atoms with Crippen LogP contribution in [0.1, 0.15) is 11.4 Å². The molecule has 0 radical (unpaired) electrons. The van der Waals surface area contributed by atoms with Gasteiger partial charge in [0.1, 0.15) is 16.2 Å². The van der Waals surface area contributed by atoms with Crippen LogP contribution >= 0.6 is 23.8 Å². The molecular formula is C11H12ClN5O2S2. The van der Waals surface area contributed by atoms with E-state index < -0.39 is 10.0 Å². The largest absolute Gasteiger partial charge is 0.389 e. The zero-order valence-corrected chi connectivity index (χ0v) is 13.3. The minimum Gasteiger partial charge on any atom is -0.389 e. The van der Waals surface area contributed by atoms with Crippen LogP contribution in [0.15, 0.2) is 29.4 Å². The summed E-state index contributed by atoms with van der Waals surface area (Å²) in [5, 5.41) is 4.06. The standard InChI is InChI=1S/C11H12ClN5O2S2/c1-17-6-14-10(16-17)5-15-21(18,19)9-4-7(11(13)20)2-3-8(9)12/h2-4,6,15H,5H2,1H3,(H2,13,20). The molecule has 0 spiro atoms. The van der Waals surface area contributed by atoms with Crippen molar-refractivity contribution >= 4 is 38.8 Å². The van der Waals surface area contributed by atoms with Crippen LogP contribution in [0.3, 0.4) is 0 Å². The second kappa shape index (κ2) is 6.06. The fraction of sp³-hybridized carbons (Fsp3) is 0.182. The Morgan fingerprint density at radius 1 is 1.52 bits per heavy atom. The molecule has 1 heterocycles. The number of thiocarbonyl (C=S) groups is 1. The van der Waals surface area contributed by atoms with Crippen molar-refractivity contribution in [3.8, 4) is 0 Å². The van der Waals surface area contributed by atoms with Crippen LogP contribution in [0.2, 0.25) is 5.02 Å². The molecule has 21 heavy (non-hydrogen) atoms. The predicted octanol–water partition coefficient (Wildman–Crippen LogP) is 0.581. The van der Waals surface area contributed by atoms with Gasteiger partial charge in [-0.25, -0.2) is 18.1 Å². The molecule has 1 aromatic carbocycles. The quantitative estimate of drug-likeness (QED) is 0.768. The van der Waals surface area contributed by atoms with E-state index >= 15 is 0 Å². The van der Waals surface area contributed by atoms with Gasteiger partial charge in [0, 0.05) is 12.6 Å². The molecule has 0 atom stereocenters. The molecular weight excluding hydrogens is 334 g/mol. The van der Waals surface area contributed by atoms with Gasteiger partial charge >= 0.3 is 0 Å². The van der Waals surface area contributed by atoms with Gasteiger partial charge in [0.25, 0.3) is 0 Å². The second-order valence-corrected chi connectivity index (χ2v) is 6.75. The molecule has 10 heteroatoms. The van der Waals surface area contributed by atoms with Gasteiger partial charge < -0.3 is 5.73 Å². The molecule has 112 valence electrons. The third kappa shape index (κ3) is 3.76. The number of rotatable bonds is 5. The molecule has 3 N–H and O–H groups in total. The highest BCUT2D eigenvalue weighted by atomic mass is 35.5. The topological polar surface area (TPSA) is 103 Å². The van der Waals surface area contributed by atoms with Crippen LogP contribution in [0, 0.1) is 0 Å². The van der Waals surface area contributed by atoms with Gasteiger partial charge in [-0.05, 0) is 12.1 Å². The maximum absolute atomic E-state index is 12.3. The van der Waals surface area contributed by atoms with Crippen molar-refractivity contribution in [1.29, 1.82) is 0 Å². The molecule has 7 nitrogen and oxygen atoms in total. The summed E-state index contributed by atoms with van der Waals surface area (Å²) in [4.78, 5) is 3.93. The fourth-order valence-corrected chi connectivity index (χ4v) is 3.20. The van der Waals surface area contributed by atoms with E-state index in [4.69, 9.17) is 29.6 Å². The number of aryl methyl sites for hydroxylation is 1. The Bertz CT molecular complexity index is 788. The zero-order chi connectivity index (χ0) is 15.6. The summed E-state index contributed by atoms with van der Waals surface area (Å²) in [6.45, 7) is -0.0448. The highest BCUT2D eigenvalue weighted by Gasteiger charge is 2.19. The third-order valence-corrected chi connectivity index (χ3v) is 4.69. The molecule has 0 aliphatic rings. The maximum atomic E-state index is 12.3. The summed E-state index contributed by atoms with van der Waals surface area (Å²) in [7, 11) is -2.13. The molecule has 0 saturated carbocycles. The number of hydrogen-bond donors (Lipinski definition) is 2. The lowest BCUT2D eigenvalue weighted by molar-refractivity contribution is 0.578. The number of nitrogens with two attached hydrogens (primary N) is 1. The number of aromatic nitrogens is 3. The Labute approximate surface area is 132 Å². The monoisotopic (exact) mass is 345 g/mol. The lowest BCUT2D eigenvalue weighted by Gasteiger charge is -2.08.